The number of hydrazone groups is 1. The highest BCUT2D eigenvalue weighted by atomic mass is 16.6. The van der Waals surface area contributed by atoms with Crippen molar-refractivity contribution in [3.05, 3.63) is 53.6 Å². The monoisotopic (exact) mass is 510 g/mol. The molecule has 37 heavy (non-hydrogen) atoms. The maximum absolute atomic E-state index is 12.5. The van der Waals surface area contributed by atoms with Gasteiger partial charge >= 0.3 is 6.09 Å². The number of aliphatic hydroxyl groups is 1. The number of carbonyl (C=O) groups is 2. The summed E-state index contributed by atoms with van der Waals surface area (Å²) in [5.41, 5.74) is 3.15. The normalized spacial score (nSPS) is 17.7. The van der Waals surface area contributed by atoms with Gasteiger partial charge in [-0.15, -0.1) is 0 Å². The van der Waals surface area contributed by atoms with Crippen LogP contribution in [0, 0.1) is 0 Å². The summed E-state index contributed by atoms with van der Waals surface area (Å²) in [6.45, 7) is 3.52. The number of ether oxygens (including phenoxy) is 3. The highest BCUT2D eigenvalue weighted by Crippen LogP contribution is 2.29. The quantitative estimate of drug-likeness (QED) is 0.558. The van der Waals surface area contributed by atoms with Gasteiger partial charge in [-0.3, -0.25) is 15.0 Å². The lowest BCUT2D eigenvalue weighted by atomic mass is 10.0. The number of rotatable bonds is 8. The lowest BCUT2D eigenvalue weighted by Gasteiger charge is -2.33. The summed E-state index contributed by atoms with van der Waals surface area (Å²) in [4.78, 5) is 26.9. The number of nitrogens with zero attached hydrogens (tertiary/aromatic N) is 3. The molecule has 1 atom stereocenters. The first-order valence-electron chi connectivity index (χ1n) is 12.4. The molecule has 1 unspecified atom stereocenters. The van der Waals surface area contributed by atoms with Gasteiger partial charge in [-0.1, -0.05) is 12.1 Å². The molecule has 10 nitrogen and oxygen atoms in total. The van der Waals surface area contributed by atoms with Gasteiger partial charge in [0.25, 0.3) is 0 Å². The lowest BCUT2D eigenvalue weighted by Crippen LogP contribution is -2.43. The Morgan fingerprint density at radius 2 is 1.78 bits per heavy atom. The van der Waals surface area contributed by atoms with E-state index >= 15 is 0 Å². The molecule has 10 heteroatoms. The number of likely N-dealkylation sites (tertiary alicyclic amines) is 1. The van der Waals surface area contributed by atoms with Crippen molar-refractivity contribution in [3.8, 4) is 11.5 Å². The van der Waals surface area contributed by atoms with Gasteiger partial charge in [0.2, 0.25) is 5.91 Å². The Kier molecular flexibility index (Phi) is 8.62. The zero-order valence-corrected chi connectivity index (χ0v) is 21.5. The fraction of sp³-hybridized carbons (Fsp3) is 0.444. The molecule has 2 N–H and O–H groups in total. The van der Waals surface area contributed by atoms with Crippen molar-refractivity contribution in [1.82, 2.24) is 9.91 Å². The van der Waals surface area contributed by atoms with E-state index in [4.69, 9.17) is 14.2 Å². The molecule has 0 aromatic heterocycles. The summed E-state index contributed by atoms with van der Waals surface area (Å²) < 4.78 is 16.2. The van der Waals surface area contributed by atoms with Gasteiger partial charge in [0, 0.05) is 37.2 Å². The Labute approximate surface area is 216 Å². The second-order valence-electron chi connectivity index (χ2n) is 9.16. The fourth-order valence-corrected chi connectivity index (χ4v) is 4.44. The van der Waals surface area contributed by atoms with Crippen LogP contribution in [-0.2, 0) is 16.1 Å². The van der Waals surface area contributed by atoms with Crippen LogP contribution in [0.3, 0.4) is 0 Å². The number of amides is 2. The number of anilines is 1. The molecular formula is C27H34N4O6. The number of nitrogens with one attached hydrogen (secondary N) is 1. The summed E-state index contributed by atoms with van der Waals surface area (Å²) >= 11 is 0. The van der Waals surface area contributed by atoms with Crippen LogP contribution in [-0.4, -0.2) is 72.4 Å². The van der Waals surface area contributed by atoms with Gasteiger partial charge in [-0.05, 0) is 55.7 Å². The van der Waals surface area contributed by atoms with Crippen molar-refractivity contribution in [2.45, 2.75) is 51.5 Å². The van der Waals surface area contributed by atoms with Gasteiger partial charge in [-0.2, -0.15) is 5.10 Å². The van der Waals surface area contributed by atoms with Crippen molar-refractivity contribution in [2.24, 2.45) is 5.10 Å². The Balaban J connectivity index is 1.35. The SMILES string of the molecule is COc1ccc(C2=NN(Cc3ccc(NC(=O)OC(C)N4CCC(O)CC4)cc3)C(=O)CC2)cc1OC. The van der Waals surface area contributed by atoms with Crippen LogP contribution in [0.1, 0.15) is 43.7 Å². The molecule has 0 aliphatic carbocycles. The van der Waals surface area contributed by atoms with Crippen LogP contribution in [0.25, 0.3) is 0 Å². The lowest BCUT2D eigenvalue weighted by molar-refractivity contribution is -0.132. The summed E-state index contributed by atoms with van der Waals surface area (Å²) in [5, 5.41) is 18.5. The largest absolute Gasteiger partial charge is 0.493 e. The standard InChI is InChI=1S/C27H34N4O6/c1-18(30-14-12-22(32)13-15-30)37-27(34)28-21-7-4-19(5-8-21)17-31-26(33)11-9-23(29-31)20-6-10-24(35-2)25(16-20)36-3/h4-8,10,16,18,22,32H,9,11-15,17H2,1-3H3,(H,28,34). The molecule has 2 heterocycles. The molecule has 4 rings (SSSR count). The molecule has 2 aliphatic rings. The average molecular weight is 511 g/mol. The number of hydrogen-bond acceptors (Lipinski definition) is 8. The zero-order valence-electron chi connectivity index (χ0n) is 21.5. The van der Waals surface area contributed by atoms with Crippen molar-refractivity contribution in [3.63, 3.8) is 0 Å². The summed E-state index contributed by atoms with van der Waals surface area (Å²) in [7, 11) is 3.17. The number of hydrogen-bond donors (Lipinski definition) is 2. The Bertz CT molecular complexity index is 1130. The van der Waals surface area contributed by atoms with Gasteiger partial charge in [0.1, 0.15) is 0 Å². The molecule has 2 aromatic rings. The van der Waals surface area contributed by atoms with E-state index in [2.05, 4.69) is 10.4 Å². The van der Waals surface area contributed by atoms with Crippen molar-refractivity contribution in [2.75, 3.05) is 32.6 Å². The van der Waals surface area contributed by atoms with Crippen LogP contribution < -0.4 is 14.8 Å². The average Bonchev–Trinajstić information content (AvgIpc) is 2.91. The second-order valence-corrected chi connectivity index (χ2v) is 9.16. The van der Waals surface area contributed by atoms with Crippen molar-refractivity contribution in [1.29, 1.82) is 0 Å². The summed E-state index contributed by atoms with van der Waals surface area (Å²) in [6.07, 6.45) is 1.07. The topological polar surface area (TPSA) is 113 Å². The Hall–Kier alpha value is -3.63. The third-order valence-corrected chi connectivity index (χ3v) is 6.65. The highest BCUT2D eigenvalue weighted by molar-refractivity contribution is 6.04. The number of aliphatic hydroxyl groups excluding tert-OH is 1. The van der Waals surface area contributed by atoms with Gasteiger partial charge in [0.15, 0.2) is 17.7 Å². The predicted octanol–water partition coefficient (Wildman–Crippen LogP) is 3.58. The molecule has 2 aliphatic heterocycles. The van der Waals surface area contributed by atoms with Crippen LogP contribution in [0.2, 0.25) is 0 Å². The minimum atomic E-state index is -0.540. The molecule has 0 bridgehead atoms. The number of methoxy groups -OCH3 is 2. The number of piperidine rings is 1. The molecular weight excluding hydrogens is 476 g/mol. The minimum absolute atomic E-state index is 0.0470. The van der Waals surface area contributed by atoms with E-state index in [1.165, 1.54) is 5.01 Å². The number of benzene rings is 2. The van der Waals surface area contributed by atoms with E-state index in [1.54, 1.807) is 26.4 Å². The smallest absolute Gasteiger partial charge is 0.413 e. The van der Waals surface area contributed by atoms with E-state index < -0.39 is 6.09 Å². The van der Waals surface area contributed by atoms with Crippen LogP contribution >= 0.6 is 0 Å². The maximum Gasteiger partial charge on any atom is 0.413 e. The molecule has 1 fully saturated rings. The molecule has 1 saturated heterocycles. The maximum atomic E-state index is 12.5. The Morgan fingerprint density at radius 3 is 2.46 bits per heavy atom. The predicted molar refractivity (Wildman–Crippen MR) is 139 cm³/mol. The molecule has 0 spiro atoms. The fourth-order valence-electron chi connectivity index (χ4n) is 4.44. The first-order chi connectivity index (χ1) is 17.9. The first-order valence-corrected chi connectivity index (χ1v) is 12.4. The number of carbonyl (C=O) groups excluding carboxylic acids is 2. The Morgan fingerprint density at radius 1 is 1.08 bits per heavy atom. The highest BCUT2D eigenvalue weighted by Gasteiger charge is 2.24. The van der Waals surface area contributed by atoms with E-state index in [0.29, 0.717) is 62.5 Å². The van der Waals surface area contributed by atoms with Gasteiger partial charge < -0.3 is 19.3 Å². The van der Waals surface area contributed by atoms with E-state index in [9.17, 15) is 14.7 Å². The molecule has 2 amide bonds. The van der Waals surface area contributed by atoms with Crippen LogP contribution in [0.15, 0.2) is 47.6 Å². The molecule has 0 radical (unpaired) electrons. The zero-order chi connectivity index (χ0) is 26.4. The van der Waals surface area contributed by atoms with E-state index in [0.717, 1.165) is 16.8 Å². The molecule has 0 saturated carbocycles. The third-order valence-electron chi connectivity index (χ3n) is 6.65. The van der Waals surface area contributed by atoms with E-state index in [-0.39, 0.29) is 18.2 Å². The van der Waals surface area contributed by atoms with Gasteiger partial charge in [0.05, 0.1) is 32.6 Å². The first kappa shape index (κ1) is 26.4. The third kappa shape index (κ3) is 6.78. The summed E-state index contributed by atoms with van der Waals surface area (Å²) in [5.74, 6) is 1.19. The van der Waals surface area contributed by atoms with Crippen LogP contribution in [0.4, 0.5) is 10.5 Å². The van der Waals surface area contributed by atoms with Crippen molar-refractivity contribution < 1.29 is 28.9 Å². The van der Waals surface area contributed by atoms with Crippen LogP contribution in [0.5, 0.6) is 11.5 Å². The summed E-state index contributed by atoms with van der Waals surface area (Å²) in [6, 6.07) is 12.8. The molecule has 2 aromatic carbocycles. The molecule has 198 valence electrons. The van der Waals surface area contributed by atoms with Crippen molar-refractivity contribution >= 4 is 23.4 Å². The van der Waals surface area contributed by atoms with Gasteiger partial charge in [-0.25, -0.2) is 9.80 Å². The minimum Gasteiger partial charge on any atom is -0.493 e. The van der Waals surface area contributed by atoms with E-state index in [1.807, 2.05) is 42.2 Å². The second kappa shape index (κ2) is 12.1.